The Hall–Kier alpha value is -3.07. The summed E-state index contributed by atoms with van der Waals surface area (Å²) in [4.78, 5) is 46.0. The Labute approximate surface area is 140 Å². The van der Waals surface area contributed by atoms with E-state index in [4.69, 9.17) is 4.74 Å². The van der Waals surface area contributed by atoms with Crippen molar-refractivity contribution >= 4 is 23.5 Å². The molecule has 1 N–H and O–H groups in total. The van der Waals surface area contributed by atoms with Crippen molar-refractivity contribution in [1.29, 1.82) is 0 Å². The molecule has 0 unspecified atom stereocenters. The number of nitro benzene ring substituents is 1. The van der Waals surface area contributed by atoms with Crippen LogP contribution >= 0.6 is 0 Å². The Morgan fingerprint density at radius 3 is 2.64 bits per heavy atom. The molecule has 4 atom stereocenters. The van der Waals surface area contributed by atoms with Crippen LogP contribution in [0.25, 0.3) is 0 Å². The smallest absolute Gasteiger partial charge is 0.320 e. The number of nitrogens with zero attached hydrogens (tertiary/aromatic N) is 1. The second-order valence-corrected chi connectivity index (χ2v) is 6.13. The zero-order valence-corrected chi connectivity index (χ0v) is 12.7. The minimum atomic E-state index is -1.10. The van der Waals surface area contributed by atoms with Gasteiger partial charge in [-0.3, -0.25) is 24.5 Å². The Bertz CT molecular complexity index is 831. The summed E-state index contributed by atoms with van der Waals surface area (Å²) >= 11 is 0. The SMILES string of the molecule is O=C(NC[C@]12C=C[C@H](O1)[C@@H]1C(=O)OC(=O)[C@@H]12)c1ccc([N+](=O)[O-])cc1. The molecule has 0 saturated carbocycles. The number of fused-ring (bicyclic) bond motifs is 5. The van der Waals surface area contributed by atoms with Crippen molar-refractivity contribution in [2.24, 2.45) is 11.8 Å². The Balaban J connectivity index is 1.49. The molecular formula is C16H12N2O7. The zero-order valence-electron chi connectivity index (χ0n) is 12.7. The fourth-order valence-electron chi connectivity index (χ4n) is 3.57. The van der Waals surface area contributed by atoms with E-state index in [0.717, 1.165) is 0 Å². The molecule has 2 fully saturated rings. The van der Waals surface area contributed by atoms with Gasteiger partial charge in [-0.05, 0) is 12.1 Å². The second-order valence-electron chi connectivity index (χ2n) is 6.13. The van der Waals surface area contributed by atoms with Gasteiger partial charge in [-0.2, -0.15) is 0 Å². The Morgan fingerprint density at radius 1 is 1.24 bits per heavy atom. The lowest BCUT2D eigenvalue weighted by molar-refractivity contribution is -0.384. The predicted octanol–water partition coefficient (Wildman–Crippen LogP) is 0.348. The molecule has 1 aromatic rings. The summed E-state index contributed by atoms with van der Waals surface area (Å²) in [5, 5.41) is 13.3. The average Bonchev–Trinajstić information content (AvgIpc) is 3.24. The van der Waals surface area contributed by atoms with Crippen molar-refractivity contribution < 1.29 is 28.8 Å². The number of amides is 1. The molecule has 0 aliphatic carbocycles. The molecule has 3 heterocycles. The van der Waals surface area contributed by atoms with Crippen LogP contribution in [0.3, 0.4) is 0 Å². The third-order valence-electron chi connectivity index (χ3n) is 4.76. The topological polar surface area (TPSA) is 125 Å². The monoisotopic (exact) mass is 344 g/mol. The van der Waals surface area contributed by atoms with E-state index in [-0.39, 0.29) is 17.8 Å². The van der Waals surface area contributed by atoms with Gasteiger partial charge in [-0.1, -0.05) is 12.2 Å². The van der Waals surface area contributed by atoms with Gasteiger partial charge in [0.2, 0.25) is 0 Å². The lowest BCUT2D eigenvalue weighted by Gasteiger charge is -2.27. The van der Waals surface area contributed by atoms with Gasteiger partial charge < -0.3 is 14.8 Å². The summed E-state index contributed by atoms with van der Waals surface area (Å²) in [5.74, 6) is -3.16. The zero-order chi connectivity index (χ0) is 17.8. The standard InChI is InChI=1S/C16H12N2O7/c19-13(8-1-3-9(4-2-8)18(22)23)17-7-16-6-5-10(25-16)11-12(16)15(21)24-14(11)20/h1-6,10-12H,7H2,(H,17,19)/t10-,11-,12+,16-/m0/s1. The van der Waals surface area contributed by atoms with Crippen LogP contribution in [0.2, 0.25) is 0 Å². The van der Waals surface area contributed by atoms with Gasteiger partial charge in [-0.15, -0.1) is 0 Å². The lowest BCUT2D eigenvalue weighted by Crippen LogP contribution is -2.47. The number of non-ortho nitro benzene ring substituents is 1. The quantitative estimate of drug-likeness (QED) is 0.275. The second kappa shape index (κ2) is 5.21. The van der Waals surface area contributed by atoms with Gasteiger partial charge in [-0.25, -0.2) is 0 Å². The maximum absolute atomic E-state index is 12.2. The number of hydrogen-bond donors (Lipinski definition) is 1. The molecule has 9 nitrogen and oxygen atoms in total. The van der Waals surface area contributed by atoms with Crippen LogP contribution in [0, 0.1) is 22.0 Å². The summed E-state index contributed by atoms with van der Waals surface area (Å²) < 4.78 is 10.5. The third kappa shape index (κ3) is 2.23. The molecule has 128 valence electrons. The van der Waals surface area contributed by atoms with Crippen LogP contribution in [-0.4, -0.2) is 41.0 Å². The summed E-state index contributed by atoms with van der Waals surface area (Å²) in [7, 11) is 0. The number of carbonyl (C=O) groups excluding carboxylic acids is 3. The number of esters is 2. The van der Waals surface area contributed by atoms with Gasteiger partial charge in [0.1, 0.15) is 17.4 Å². The first-order valence-electron chi connectivity index (χ1n) is 7.57. The van der Waals surface area contributed by atoms with E-state index in [1.165, 1.54) is 24.3 Å². The minimum absolute atomic E-state index is 0.0145. The maximum atomic E-state index is 12.2. The summed E-state index contributed by atoms with van der Waals surface area (Å²) in [5.41, 5.74) is -0.985. The number of nitro groups is 1. The molecule has 2 saturated heterocycles. The Kier molecular flexibility index (Phi) is 3.22. The van der Waals surface area contributed by atoms with E-state index >= 15 is 0 Å². The largest absolute Gasteiger partial charge is 0.393 e. The van der Waals surface area contributed by atoms with E-state index < -0.39 is 46.3 Å². The molecule has 0 aromatic heterocycles. The summed E-state index contributed by atoms with van der Waals surface area (Å²) in [6, 6.07) is 5.13. The van der Waals surface area contributed by atoms with Crippen molar-refractivity contribution in [3.05, 3.63) is 52.1 Å². The van der Waals surface area contributed by atoms with Gasteiger partial charge >= 0.3 is 11.9 Å². The Morgan fingerprint density at radius 2 is 1.96 bits per heavy atom. The first-order valence-corrected chi connectivity index (χ1v) is 7.57. The fraction of sp³-hybridized carbons (Fsp3) is 0.312. The number of benzene rings is 1. The van der Waals surface area contributed by atoms with Crippen LogP contribution in [0.4, 0.5) is 5.69 Å². The highest BCUT2D eigenvalue weighted by molar-refractivity contribution is 5.99. The lowest BCUT2D eigenvalue weighted by atomic mass is 9.77. The number of rotatable bonds is 4. The van der Waals surface area contributed by atoms with Crippen LogP contribution in [0.15, 0.2) is 36.4 Å². The number of cyclic esters (lactones) is 2. The van der Waals surface area contributed by atoms with E-state index in [9.17, 15) is 24.5 Å². The number of ether oxygens (including phenoxy) is 2. The molecule has 3 aliphatic heterocycles. The van der Waals surface area contributed by atoms with Gasteiger partial charge in [0, 0.05) is 17.7 Å². The summed E-state index contributed by atoms with van der Waals surface area (Å²) in [6.07, 6.45) is 2.84. The minimum Gasteiger partial charge on any atom is -0.393 e. The van der Waals surface area contributed by atoms with Crippen molar-refractivity contribution in [1.82, 2.24) is 5.32 Å². The molecule has 25 heavy (non-hydrogen) atoms. The first-order chi connectivity index (χ1) is 11.9. The maximum Gasteiger partial charge on any atom is 0.320 e. The molecule has 1 amide bonds. The average molecular weight is 344 g/mol. The summed E-state index contributed by atoms with van der Waals surface area (Å²) in [6.45, 7) is -0.0145. The van der Waals surface area contributed by atoms with Crippen LogP contribution in [0.5, 0.6) is 0 Å². The first kappa shape index (κ1) is 15.5. The number of hydrogen-bond acceptors (Lipinski definition) is 7. The van der Waals surface area contributed by atoms with Crippen LogP contribution < -0.4 is 5.32 Å². The predicted molar refractivity (Wildman–Crippen MR) is 80.3 cm³/mol. The fourth-order valence-corrected chi connectivity index (χ4v) is 3.57. The van der Waals surface area contributed by atoms with Crippen molar-refractivity contribution in [2.45, 2.75) is 11.7 Å². The number of nitrogens with one attached hydrogen (secondary N) is 1. The van der Waals surface area contributed by atoms with Crippen molar-refractivity contribution in [2.75, 3.05) is 6.54 Å². The number of carbonyl (C=O) groups is 3. The third-order valence-corrected chi connectivity index (χ3v) is 4.76. The van der Waals surface area contributed by atoms with Gasteiger partial charge in [0.05, 0.1) is 17.6 Å². The highest BCUT2D eigenvalue weighted by Gasteiger charge is 2.66. The van der Waals surface area contributed by atoms with Gasteiger partial charge in [0.15, 0.2) is 0 Å². The van der Waals surface area contributed by atoms with Crippen LogP contribution in [-0.2, 0) is 19.1 Å². The molecule has 1 aromatic carbocycles. The van der Waals surface area contributed by atoms with Gasteiger partial charge in [0.25, 0.3) is 11.6 Å². The molecule has 4 rings (SSSR count). The van der Waals surface area contributed by atoms with Crippen LogP contribution in [0.1, 0.15) is 10.4 Å². The molecular weight excluding hydrogens is 332 g/mol. The molecule has 3 aliphatic rings. The molecule has 0 radical (unpaired) electrons. The van der Waals surface area contributed by atoms with E-state index in [2.05, 4.69) is 10.1 Å². The van der Waals surface area contributed by atoms with E-state index in [1.54, 1.807) is 12.2 Å². The molecule has 9 heteroatoms. The normalized spacial score (nSPS) is 31.8. The highest BCUT2D eigenvalue weighted by atomic mass is 16.6. The van der Waals surface area contributed by atoms with Crippen molar-refractivity contribution in [3.63, 3.8) is 0 Å². The van der Waals surface area contributed by atoms with E-state index in [0.29, 0.717) is 0 Å². The molecule has 2 bridgehead atoms. The highest BCUT2D eigenvalue weighted by Crippen LogP contribution is 2.50. The van der Waals surface area contributed by atoms with E-state index in [1.807, 2.05) is 0 Å². The molecule has 0 spiro atoms. The van der Waals surface area contributed by atoms with Crippen molar-refractivity contribution in [3.8, 4) is 0 Å².